The number of rotatable bonds is 17. The standard InChI is InChI=1S/C18H36O5Si/c1-5-18(19)20-16-14-12-10-9-11-13-15-17-24(21-6-2,22-7-3)23-8-4/h5H,1,6-17H2,2-4H3. The van der Waals surface area contributed by atoms with Crippen molar-refractivity contribution in [1.82, 2.24) is 0 Å². The molecule has 0 spiro atoms. The van der Waals surface area contributed by atoms with Crippen molar-refractivity contribution >= 4 is 14.8 Å². The van der Waals surface area contributed by atoms with Crippen LogP contribution in [0.2, 0.25) is 6.04 Å². The molecule has 0 aliphatic rings. The van der Waals surface area contributed by atoms with E-state index >= 15 is 0 Å². The fourth-order valence-corrected chi connectivity index (χ4v) is 5.25. The number of carbonyl (C=O) groups is 1. The van der Waals surface area contributed by atoms with Crippen LogP contribution in [0, 0.1) is 0 Å². The summed E-state index contributed by atoms with van der Waals surface area (Å²) >= 11 is 0. The first-order valence-electron chi connectivity index (χ1n) is 9.35. The Balaban J connectivity index is 3.70. The lowest BCUT2D eigenvalue weighted by molar-refractivity contribution is -0.137. The highest BCUT2D eigenvalue weighted by Gasteiger charge is 2.39. The SMILES string of the molecule is C=CC(=O)OCCCCCCCCC[Si](OCC)(OCC)OCC. The van der Waals surface area contributed by atoms with Gasteiger partial charge in [-0.1, -0.05) is 38.7 Å². The van der Waals surface area contributed by atoms with Gasteiger partial charge in [0.1, 0.15) is 0 Å². The maximum absolute atomic E-state index is 10.9. The third-order valence-electron chi connectivity index (χ3n) is 3.63. The molecule has 0 N–H and O–H groups in total. The van der Waals surface area contributed by atoms with E-state index < -0.39 is 8.80 Å². The van der Waals surface area contributed by atoms with Crippen LogP contribution in [0.5, 0.6) is 0 Å². The monoisotopic (exact) mass is 360 g/mol. The first kappa shape index (κ1) is 23.3. The van der Waals surface area contributed by atoms with Gasteiger partial charge in [0.15, 0.2) is 0 Å². The lowest BCUT2D eigenvalue weighted by atomic mass is 10.1. The first-order valence-corrected chi connectivity index (χ1v) is 11.3. The second-order valence-corrected chi connectivity index (χ2v) is 8.31. The summed E-state index contributed by atoms with van der Waals surface area (Å²) in [4.78, 5) is 10.9. The van der Waals surface area contributed by atoms with Crippen molar-refractivity contribution in [3.63, 3.8) is 0 Å². The molecule has 0 saturated carbocycles. The number of hydrogen-bond donors (Lipinski definition) is 0. The average molecular weight is 361 g/mol. The van der Waals surface area contributed by atoms with Crippen molar-refractivity contribution < 1.29 is 22.8 Å². The van der Waals surface area contributed by atoms with E-state index in [9.17, 15) is 4.79 Å². The van der Waals surface area contributed by atoms with E-state index in [1.807, 2.05) is 20.8 Å². The molecule has 142 valence electrons. The highest BCUT2D eigenvalue weighted by Crippen LogP contribution is 2.20. The molecular formula is C18H36O5Si. The summed E-state index contributed by atoms with van der Waals surface area (Å²) in [6.45, 7) is 11.8. The maximum Gasteiger partial charge on any atom is 0.500 e. The maximum atomic E-state index is 10.9. The Morgan fingerprint density at radius 3 is 1.75 bits per heavy atom. The molecule has 0 aromatic rings. The zero-order chi connectivity index (χ0) is 18.1. The summed E-state index contributed by atoms with van der Waals surface area (Å²) in [6.07, 6.45) is 9.08. The average Bonchev–Trinajstić information content (AvgIpc) is 2.57. The van der Waals surface area contributed by atoms with Crippen LogP contribution >= 0.6 is 0 Å². The molecule has 0 aliphatic heterocycles. The zero-order valence-electron chi connectivity index (χ0n) is 15.8. The Kier molecular flexibility index (Phi) is 15.4. The molecule has 0 fully saturated rings. The molecule has 0 unspecified atom stereocenters. The van der Waals surface area contributed by atoms with Crippen LogP contribution in [0.25, 0.3) is 0 Å². The van der Waals surface area contributed by atoms with Crippen molar-refractivity contribution in [1.29, 1.82) is 0 Å². The molecule has 0 heterocycles. The van der Waals surface area contributed by atoms with E-state index in [1.165, 1.54) is 31.8 Å². The lowest BCUT2D eigenvalue weighted by Gasteiger charge is -2.28. The number of carbonyl (C=O) groups excluding carboxylic acids is 1. The van der Waals surface area contributed by atoms with Crippen LogP contribution in [-0.4, -0.2) is 41.2 Å². The topological polar surface area (TPSA) is 54.0 Å². The Morgan fingerprint density at radius 1 is 0.833 bits per heavy atom. The van der Waals surface area contributed by atoms with E-state index in [0.29, 0.717) is 26.4 Å². The van der Waals surface area contributed by atoms with Gasteiger partial charge in [0.2, 0.25) is 0 Å². The summed E-state index contributed by atoms with van der Waals surface area (Å²) in [7, 11) is -2.45. The van der Waals surface area contributed by atoms with Crippen molar-refractivity contribution in [3.8, 4) is 0 Å². The van der Waals surface area contributed by atoms with Gasteiger partial charge in [0, 0.05) is 31.9 Å². The Labute approximate surface area is 149 Å². The van der Waals surface area contributed by atoms with Gasteiger partial charge < -0.3 is 18.0 Å². The van der Waals surface area contributed by atoms with Crippen LogP contribution in [0.15, 0.2) is 12.7 Å². The third-order valence-corrected chi connectivity index (χ3v) is 6.78. The van der Waals surface area contributed by atoms with E-state index in [1.54, 1.807) is 0 Å². The fourth-order valence-electron chi connectivity index (χ4n) is 2.56. The van der Waals surface area contributed by atoms with E-state index in [2.05, 4.69) is 6.58 Å². The predicted molar refractivity (Wildman–Crippen MR) is 98.9 cm³/mol. The molecule has 24 heavy (non-hydrogen) atoms. The second-order valence-electron chi connectivity index (χ2n) is 5.58. The Hall–Kier alpha value is -0.693. The van der Waals surface area contributed by atoms with Crippen LogP contribution in [-0.2, 0) is 22.8 Å². The molecule has 0 radical (unpaired) electrons. The summed E-state index contributed by atoms with van der Waals surface area (Å²) in [5.74, 6) is -0.333. The number of hydrogen-bond acceptors (Lipinski definition) is 5. The fraction of sp³-hybridized carbons (Fsp3) is 0.833. The molecule has 6 heteroatoms. The summed E-state index contributed by atoms with van der Waals surface area (Å²) in [6, 6.07) is 0.903. The van der Waals surface area contributed by atoms with Crippen LogP contribution in [0.1, 0.15) is 65.7 Å². The molecule has 0 aromatic carbocycles. The molecule has 0 saturated heterocycles. The minimum atomic E-state index is -2.45. The van der Waals surface area contributed by atoms with Gasteiger partial charge in [-0.25, -0.2) is 4.79 Å². The van der Waals surface area contributed by atoms with Crippen LogP contribution in [0.4, 0.5) is 0 Å². The predicted octanol–water partition coefficient (Wildman–Crippen LogP) is 4.49. The minimum Gasteiger partial charge on any atom is -0.463 e. The van der Waals surface area contributed by atoms with Crippen molar-refractivity contribution in [3.05, 3.63) is 12.7 Å². The second kappa shape index (κ2) is 15.8. The number of ether oxygens (including phenoxy) is 1. The third kappa shape index (κ3) is 11.8. The van der Waals surface area contributed by atoms with Crippen molar-refractivity contribution in [2.75, 3.05) is 26.4 Å². The van der Waals surface area contributed by atoms with Gasteiger partial charge in [0.05, 0.1) is 6.61 Å². The van der Waals surface area contributed by atoms with Gasteiger partial charge in [-0.2, -0.15) is 0 Å². The largest absolute Gasteiger partial charge is 0.500 e. The molecule has 5 nitrogen and oxygen atoms in total. The molecule has 0 rings (SSSR count). The van der Waals surface area contributed by atoms with Gasteiger partial charge in [-0.3, -0.25) is 0 Å². The van der Waals surface area contributed by atoms with Gasteiger partial charge in [-0.15, -0.1) is 0 Å². The van der Waals surface area contributed by atoms with Crippen molar-refractivity contribution in [2.24, 2.45) is 0 Å². The zero-order valence-corrected chi connectivity index (χ0v) is 16.8. The van der Waals surface area contributed by atoms with Gasteiger partial charge in [-0.05, 0) is 33.6 Å². The molecule has 0 amide bonds. The number of esters is 1. The lowest BCUT2D eigenvalue weighted by Crippen LogP contribution is -2.45. The number of unbranched alkanes of at least 4 members (excludes halogenated alkanes) is 6. The molecule has 0 aromatic heterocycles. The molecule has 0 bridgehead atoms. The van der Waals surface area contributed by atoms with Gasteiger partial charge in [0.25, 0.3) is 0 Å². The Bertz CT molecular complexity index is 306. The normalized spacial score (nSPS) is 11.5. The highest BCUT2D eigenvalue weighted by molar-refractivity contribution is 6.60. The van der Waals surface area contributed by atoms with Crippen LogP contribution in [0.3, 0.4) is 0 Å². The Morgan fingerprint density at radius 2 is 1.29 bits per heavy atom. The van der Waals surface area contributed by atoms with E-state index in [-0.39, 0.29) is 5.97 Å². The summed E-state index contributed by atoms with van der Waals surface area (Å²) in [5.41, 5.74) is 0. The van der Waals surface area contributed by atoms with E-state index in [0.717, 1.165) is 25.3 Å². The molecular weight excluding hydrogens is 324 g/mol. The van der Waals surface area contributed by atoms with Crippen molar-refractivity contribution in [2.45, 2.75) is 71.8 Å². The smallest absolute Gasteiger partial charge is 0.463 e. The highest BCUT2D eigenvalue weighted by atomic mass is 28.4. The summed E-state index contributed by atoms with van der Waals surface area (Å²) < 4.78 is 22.5. The minimum absolute atomic E-state index is 0.333. The quantitative estimate of drug-likeness (QED) is 0.165. The summed E-state index contributed by atoms with van der Waals surface area (Å²) in [5, 5.41) is 0. The van der Waals surface area contributed by atoms with Gasteiger partial charge >= 0.3 is 14.8 Å². The first-order chi connectivity index (χ1) is 11.6. The molecule has 0 atom stereocenters. The van der Waals surface area contributed by atoms with E-state index in [4.69, 9.17) is 18.0 Å². The van der Waals surface area contributed by atoms with Crippen LogP contribution < -0.4 is 0 Å². The molecule has 0 aliphatic carbocycles.